The fourth-order valence-electron chi connectivity index (χ4n) is 4.24. The normalized spacial score (nSPS) is 13.8. The number of aromatic nitrogens is 2. The Morgan fingerprint density at radius 2 is 1.67 bits per heavy atom. The molecule has 1 fully saturated rings. The molecule has 0 spiro atoms. The third-order valence-corrected chi connectivity index (χ3v) is 7.02. The lowest BCUT2D eigenvalue weighted by Gasteiger charge is -2.32. The van der Waals surface area contributed by atoms with Gasteiger partial charge < -0.3 is 25.4 Å². The van der Waals surface area contributed by atoms with E-state index in [1.54, 1.807) is 6.07 Å². The van der Waals surface area contributed by atoms with Crippen LogP contribution in [0.5, 0.6) is 11.8 Å². The van der Waals surface area contributed by atoms with Gasteiger partial charge in [-0.3, -0.25) is 4.79 Å². The number of hydrogen-bond donors (Lipinski definition) is 2. The molecule has 0 atom stereocenters. The van der Waals surface area contributed by atoms with Gasteiger partial charge in [0.05, 0.1) is 25.8 Å². The van der Waals surface area contributed by atoms with E-state index in [2.05, 4.69) is 15.3 Å². The zero-order valence-corrected chi connectivity index (χ0v) is 21.1. The Labute approximate surface area is 214 Å². The highest BCUT2D eigenvalue weighted by Crippen LogP contribution is 2.32. The summed E-state index contributed by atoms with van der Waals surface area (Å²) < 4.78 is 10.5. The molecule has 9 nitrogen and oxygen atoms in total. The van der Waals surface area contributed by atoms with Crippen LogP contribution in [0.3, 0.4) is 0 Å². The number of anilines is 1. The van der Waals surface area contributed by atoms with Gasteiger partial charge in [0.2, 0.25) is 11.8 Å². The highest BCUT2D eigenvalue weighted by Gasteiger charge is 2.26. The van der Waals surface area contributed by atoms with Gasteiger partial charge in [0.15, 0.2) is 5.16 Å². The second-order valence-electron chi connectivity index (χ2n) is 8.42. The number of rotatable bonds is 8. The fraction of sp³-hybridized carbons (Fsp3) is 0.308. The van der Waals surface area contributed by atoms with Crippen molar-refractivity contribution in [1.82, 2.24) is 14.9 Å². The molecule has 10 heteroatoms. The van der Waals surface area contributed by atoms with Crippen LogP contribution in [0.1, 0.15) is 28.8 Å². The lowest BCUT2D eigenvalue weighted by atomic mass is 9.89. The van der Waals surface area contributed by atoms with E-state index in [9.17, 15) is 9.59 Å². The van der Waals surface area contributed by atoms with Gasteiger partial charge in [-0.1, -0.05) is 30.3 Å². The van der Waals surface area contributed by atoms with Crippen molar-refractivity contribution in [2.45, 2.75) is 29.3 Å². The van der Waals surface area contributed by atoms with E-state index in [0.717, 1.165) is 35.4 Å². The number of amides is 3. The molecule has 2 heterocycles. The van der Waals surface area contributed by atoms with Gasteiger partial charge in [0.25, 0.3) is 5.91 Å². The molecular formula is C26H29N5O4S. The number of urea groups is 1. The number of benzene rings is 2. The van der Waals surface area contributed by atoms with Gasteiger partial charge in [0, 0.05) is 23.7 Å². The molecule has 3 aromatic rings. The minimum atomic E-state index is -0.572. The molecular weight excluding hydrogens is 478 g/mol. The highest BCUT2D eigenvalue weighted by molar-refractivity contribution is 7.99. The maximum atomic E-state index is 13.5. The van der Waals surface area contributed by atoms with Crippen molar-refractivity contribution in [3.05, 3.63) is 65.7 Å². The Balaban J connectivity index is 1.42. The molecule has 1 aliphatic rings. The molecule has 1 saturated heterocycles. The number of nitrogens with one attached hydrogen (secondary N) is 1. The molecule has 36 heavy (non-hydrogen) atoms. The number of nitrogens with two attached hydrogens (primary N) is 1. The predicted octanol–water partition coefficient (Wildman–Crippen LogP) is 4.23. The van der Waals surface area contributed by atoms with Gasteiger partial charge in [-0.2, -0.15) is 9.97 Å². The lowest BCUT2D eigenvalue weighted by Crippen LogP contribution is -2.39. The Bertz CT molecular complexity index is 1210. The van der Waals surface area contributed by atoms with E-state index >= 15 is 0 Å². The number of hydrogen-bond acceptors (Lipinski definition) is 7. The number of nitrogens with zero attached hydrogens (tertiary/aromatic N) is 3. The molecule has 0 unspecified atom stereocenters. The number of primary amides is 1. The largest absolute Gasteiger partial charge is 0.481 e. The van der Waals surface area contributed by atoms with E-state index in [0.29, 0.717) is 41.5 Å². The third kappa shape index (κ3) is 6.25. The van der Waals surface area contributed by atoms with Crippen molar-refractivity contribution in [2.24, 2.45) is 11.7 Å². The molecule has 188 valence electrons. The van der Waals surface area contributed by atoms with Crippen molar-refractivity contribution in [3.63, 3.8) is 0 Å². The van der Waals surface area contributed by atoms with Crippen molar-refractivity contribution < 1.29 is 19.1 Å². The molecule has 0 bridgehead atoms. The van der Waals surface area contributed by atoms with Crippen LogP contribution in [-0.4, -0.2) is 54.1 Å². The molecule has 4 rings (SSSR count). The summed E-state index contributed by atoms with van der Waals surface area (Å²) in [6, 6.07) is 16.2. The predicted molar refractivity (Wildman–Crippen MR) is 138 cm³/mol. The number of piperidine rings is 1. The zero-order valence-electron chi connectivity index (χ0n) is 20.3. The summed E-state index contributed by atoms with van der Waals surface area (Å²) in [4.78, 5) is 36.2. The monoisotopic (exact) mass is 507 g/mol. The van der Waals surface area contributed by atoms with Crippen LogP contribution in [0.25, 0.3) is 0 Å². The van der Waals surface area contributed by atoms with Gasteiger partial charge >= 0.3 is 6.03 Å². The molecule has 1 aliphatic heterocycles. The summed E-state index contributed by atoms with van der Waals surface area (Å²) in [6.07, 6.45) is 2.57. The van der Waals surface area contributed by atoms with Crippen LogP contribution >= 0.6 is 11.8 Å². The second kappa shape index (κ2) is 11.8. The molecule has 2 aromatic carbocycles. The van der Waals surface area contributed by atoms with Crippen LogP contribution in [0.15, 0.2) is 64.6 Å². The molecule has 0 radical (unpaired) electrons. The summed E-state index contributed by atoms with van der Waals surface area (Å²) in [5.74, 6) is 1.18. The summed E-state index contributed by atoms with van der Waals surface area (Å²) in [6.45, 7) is 1.33. The van der Waals surface area contributed by atoms with E-state index in [1.807, 2.05) is 53.4 Å². The standard InChI is InChI=1S/C26H29N5O4S/c1-34-22-16-23(35-2)30-26(29-22)36-21-10-6-4-8-19(21)24(32)31-13-11-17(12-14-31)15-18-7-3-5-9-20(18)28-25(27)33/h3-10,16-17H,11-15H2,1-2H3,(H3,27,28,33). The molecule has 3 amide bonds. The fourth-order valence-corrected chi connectivity index (χ4v) is 5.12. The van der Waals surface area contributed by atoms with Crippen LogP contribution in [-0.2, 0) is 6.42 Å². The summed E-state index contributed by atoms with van der Waals surface area (Å²) >= 11 is 1.30. The Kier molecular flexibility index (Phi) is 8.27. The first-order chi connectivity index (χ1) is 17.5. The smallest absolute Gasteiger partial charge is 0.316 e. The molecule has 3 N–H and O–H groups in total. The average molecular weight is 508 g/mol. The van der Waals surface area contributed by atoms with E-state index in [-0.39, 0.29) is 5.91 Å². The van der Waals surface area contributed by atoms with E-state index in [1.165, 1.54) is 26.0 Å². The van der Waals surface area contributed by atoms with Crippen LogP contribution in [0, 0.1) is 5.92 Å². The van der Waals surface area contributed by atoms with Crippen molar-refractivity contribution >= 4 is 29.4 Å². The van der Waals surface area contributed by atoms with Crippen LogP contribution < -0.4 is 20.5 Å². The highest BCUT2D eigenvalue weighted by atomic mass is 32.2. The molecule has 0 aliphatic carbocycles. The maximum absolute atomic E-state index is 13.5. The number of ether oxygens (including phenoxy) is 2. The minimum absolute atomic E-state index is 0.0118. The van der Waals surface area contributed by atoms with E-state index in [4.69, 9.17) is 15.2 Å². The summed E-state index contributed by atoms with van der Waals surface area (Å²) in [5.41, 5.74) is 7.71. The first-order valence-electron chi connectivity index (χ1n) is 11.6. The van der Waals surface area contributed by atoms with Gasteiger partial charge in [-0.25, -0.2) is 4.79 Å². The molecule has 1 aromatic heterocycles. The lowest BCUT2D eigenvalue weighted by molar-refractivity contribution is 0.0687. The summed E-state index contributed by atoms with van der Waals surface area (Å²) in [5, 5.41) is 3.14. The van der Waals surface area contributed by atoms with Crippen LogP contribution in [0.4, 0.5) is 10.5 Å². The Morgan fingerprint density at radius 3 is 2.33 bits per heavy atom. The second-order valence-corrected chi connectivity index (χ2v) is 9.43. The summed E-state index contributed by atoms with van der Waals surface area (Å²) in [7, 11) is 3.06. The Hall–Kier alpha value is -3.79. The zero-order chi connectivity index (χ0) is 25.5. The number of methoxy groups -OCH3 is 2. The van der Waals surface area contributed by atoms with E-state index < -0.39 is 6.03 Å². The topological polar surface area (TPSA) is 120 Å². The maximum Gasteiger partial charge on any atom is 0.316 e. The first kappa shape index (κ1) is 25.3. The number of likely N-dealkylation sites (tertiary alicyclic amines) is 1. The number of para-hydroxylation sites is 1. The SMILES string of the molecule is COc1cc(OC)nc(Sc2ccccc2C(=O)N2CCC(Cc3ccccc3NC(N)=O)CC2)n1. The number of carbonyl (C=O) groups excluding carboxylic acids is 2. The van der Waals surface area contributed by atoms with Gasteiger partial charge in [-0.05, 0) is 60.7 Å². The first-order valence-corrected chi connectivity index (χ1v) is 12.5. The van der Waals surface area contributed by atoms with Crippen molar-refractivity contribution in [1.29, 1.82) is 0 Å². The Morgan fingerprint density at radius 1 is 1.03 bits per heavy atom. The van der Waals surface area contributed by atoms with Crippen LogP contribution in [0.2, 0.25) is 0 Å². The van der Waals surface area contributed by atoms with Crippen molar-refractivity contribution in [3.8, 4) is 11.8 Å². The molecule has 0 saturated carbocycles. The minimum Gasteiger partial charge on any atom is -0.481 e. The van der Waals surface area contributed by atoms with Gasteiger partial charge in [0.1, 0.15) is 0 Å². The van der Waals surface area contributed by atoms with Crippen molar-refractivity contribution in [2.75, 3.05) is 32.6 Å². The average Bonchev–Trinajstić information content (AvgIpc) is 2.89. The van der Waals surface area contributed by atoms with Gasteiger partial charge in [-0.15, -0.1) is 0 Å². The number of carbonyl (C=O) groups is 2. The third-order valence-electron chi connectivity index (χ3n) is 6.08. The quantitative estimate of drug-likeness (QED) is 0.438.